The summed E-state index contributed by atoms with van der Waals surface area (Å²) in [5.74, 6) is 2.62. The van der Waals surface area contributed by atoms with Crippen molar-refractivity contribution < 1.29 is 4.74 Å². The molecule has 2 atom stereocenters. The summed E-state index contributed by atoms with van der Waals surface area (Å²) in [7, 11) is 0. The molecule has 106 valence electrons. The molecule has 1 aliphatic heterocycles. The molecule has 0 amide bonds. The van der Waals surface area contributed by atoms with Gasteiger partial charge in [-0.3, -0.25) is 0 Å². The lowest BCUT2D eigenvalue weighted by Gasteiger charge is -2.36. The number of anilines is 2. The summed E-state index contributed by atoms with van der Waals surface area (Å²) in [6.45, 7) is 10.5. The fraction of sp³-hybridized carbons (Fsp3) is 0.714. The first kappa shape index (κ1) is 13.9. The SMILES string of the molecule is CC1CC(C)CN(c2ncnc(OC(C)C)c2N)C1. The van der Waals surface area contributed by atoms with Gasteiger partial charge < -0.3 is 15.4 Å². The van der Waals surface area contributed by atoms with Gasteiger partial charge in [-0.15, -0.1) is 0 Å². The van der Waals surface area contributed by atoms with Gasteiger partial charge in [0.25, 0.3) is 0 Å². The normalized spacial score (nSPS) is 23.7. The molecule has 2 rings (SSSR count). The van der Waals surface area contributed by atoms with E-state index in [1.807, 2.05) is 13.8 Å². The Morgan fingerprint density at radius 1 is 1.26 bits per heavy atom. The molecule has 2 N–H and O–H groups in total. The van der Waals surface area contributed by atoms with Crippen molar-refractivity contribution in [1.82, 2.24) is 9.97 Å². The lowest BCUT2D eigenvalue weighted by molar-refractivity contribution is 0.233. The van der Waals surface area contributed by atoms with Gasteiger partial charge in [0, 0.05) is 13.1 Å². The zero-order valence-electron chi connectivity index (χ0n) is 12.3. The Morgan fingerprint density at radius 2 is 1.89 bits per heavy atom. The van der Waals surface area contributed by atoms with E-state index < -0.39 is 0 Å². The second-order valence-corrected chi connectivity index (χ2v) is 5.93. The van der Waals surface area contributed by atoms with Crippen LogP contribution in [0.15, 0.2) is 6.33 Å². The maximum Gasteiger partial charge on any atom is 0.242 e. The molecule has 1 aromatic heterocycles. The van der Waals surface area contributed by atoms with Crippen LogP contribution < -0.4 is 15.4 Å². The molecule has 0 saturated carbocycles. The summed E-state index contributed by atoms with van der Waals surface area (Å²) >= 11 is 0. The van der Waals surface area contributed by atoms with Crippen molar-refractivity contribution in [2.75, 3.05) is 23.7 Å². The Bertz CT molecular complexity index is 425. The van der Waals surface area contributed by atoms with Crippen LogP contribution in [0.25, 0.3) is 0 Å². The molecule has 1 saturated heterocycles. The number of ether oxygens (including phenoxy) is 1. The molecule has 0 radical (unpaired) electrons. The molecule has 5 nitrogen and oxygen atoms in total. The molecule has 1 fully saturated rings. The fourth-order valence-corrected chi connectivity index (χ4v) is 2.78. The molecule has 0 spiro atoms. The van der Waals surface area contributed by atoms with Crippen LogP contribution in [-0.4, -0.2) is 29.2 Å². The second-order valence-electron chi connectivity index (χ2n) is 5.93. The van der Waals surface area contributed by atoms with Crippen molar-refractivity contribution in [1.29, 1.82) is 0 Å². The zero-order valence-corrected chi connectivity index (χ0v) is 12.3. The van der Waals surface area contributed by atoms with Crippen LogP contribution in [0.5, 0.6) is 5.88 Å². The third-order valence-corrected chi connectivity index (χ3v) is 3.34. The lowest BCUT2D eigenvalue weighted by Crippen LogP contribution is -2.39. The van der Waals surface area contributed by atoms with Crippen molar-refractivity contribution in [3.63, 3.8) is 0 Å². The van der Waals surface area contributed by atoms with Crippen molar-refractivity contribution in [3.05, 3.63) is 6.33 Å². The minimum atomic E-state index is 0.0595. The second kappa shape index (κ2) is 5.63. The summed E-state index contributed by atoms with van der Waals surface area (Å²) < 4.78 is 5.63. The Hall–Kier alpha value is -1.52. The molecule has 0 aromatic carbocycles. The minimum Gasteiger partial charge on any atom is -0.473 e. The van der Waals surface area contributed by atoms with E-state index >= 15 is 0 Å². The number of nitrogen functional groups attached to an aromatic ring is 1. The lowest BCUT2D eigenvalue weighted by atomic mass is 9.92. The average Bonchev–Trinajstić information content (AvgIpc) is 2.30. The van der Waals surface area contributed by atoms with Gasteiger partial charge >= 0.3 is 0 Å². The Balaban J connectivity index is 2.24. The van der Waals surface area contributed by atoms with E-state index in [-0.39, 0.29) is 6.10 Å². The number of piperidine rings is 1. The monoisotopic (exact) mass is 264 g/mol. The molecule has 2 heterocycles. The Morgan fingerprint density at radius 3 is 2.47 bits per heavy atom. The molecular formula is C14H24N4O. The zero-order chi connectivity index (χ0) is 14.0. The molecule has 2 unspecified atom stereocenters. The molecule has 5 heteroatoms. The van der Waals surface area contributed by atoms with Crippen LogP contribution in [-0.2, 0) is 0 Å². The predicted octanol–water partition coefficient (Wildman–Crippen LogP) is 2.33. The average molecular weight is 264 g/mol. The third kappa shape index (κ3) is 3.28. The van der Waals surface area contributed by atoms with Gasteiger partial charge in [0.2, 0.25) is 5.88 Å². The smallest absolute Gasteiger partial charge is 0.242 e. The first-order chi connectivity index (χ1) is 8.97. The van der Waals surface area contributed by atoms with Crippen LogP contribution >= 0.6 is 0 Å². The highest BCUT2D eigenvalue weighted by atomic mass is 16.5. The first-order valence-corrected chi connectivity index (χ1v) is 6.99. The standard InChI is InChI=1S/C14H24N4O/c1-9(2)19-14-12(15)13(16-8-17-14)18-6-10(3)5-11(4)7-18/h8-11H,5-7,15H2,1-4H3. The number of hydrogen-bond donors (Lipinski definition) is 1. The number of aromatic nitrogens is 2. The predicted molar refractivity (Wildman–Crippen MR) is 77.4 cm³/mol. The molecule has 1 aliphatic rings. The maximum atomic E-state index is 6.16. The van der Waals surface area contributed by atoms with E-state index in [4.69, 9.17) is 10.5 Å². The number of nitrogens with zero attached hydrogens (tertiary/aromatic N) is 3. The van der Waals surface area contributed by atoms with Crippen molar-refractivity contribution in [2.24, 2.45) is 11.8 Å². The molecule has 19 heavy (non-hydrogen) atoms. The van der Waals surface area contributed by atoms with Crippen LogP contribution in [0.2, 0.25) is 0 Å². The van der Waals surface area contributed by atoms with Gasteiger partial charge in [0.1, 0.15) is 12.0 Å². The van der Waals surface area contributed by atoms with Gasteiger partial charge in [0.15, 0.2) is 5.82 Å². The quantitative estimate of drug-likeness (QED) is 0.907. The van der Waals surface area contributed by atoms with Crippen LogP contribution in [0.4, 0.5) is 11.5 Å². The summed E-state index contributed by atoms with van der Waals surface area (Å²) in [5.41, 5.74) is 6.71. The number of nitrogens with two attached hydrogens (primary N) is 1. The van der Waals surface area contributed by atoms with Gasteiger partial charge in [0.05, 0.1) is 6.10 Å². The van der Waals surface area contributed by atoms with Crippen LogP contribution in [0.3, 0.4) is 0 Å². The molecular weight excluding hydrogens is 240 g/mol. The minimum absolute atomic E-state index is 0.0595. The van der Waals surface area contributed by atoms with E-state index in [0.717, 1.165) is 18.9 Å². The Labute approximate surface area is 115 Å². The van der Waals surface area contributed by atoms with Gasteiger partial charge in [-0.2, -0.15) is 4.98 Å². The number of hydrogen-bond acceptors (Lipinski definition) is 5. The molecule has 1 aromatic rings. The summed E-state index contributed by atoms with van der Waals surface area (Å²) in [6.07, 6.45) is 2.86. The topological polar surface area (TPSA) is 64.3 Å². The fourth-order valence-electron chi connectivity index (χ4n) is 2.78. The number of rotatable bonds is 3. The van der Waals surface area contributed by atoms with Gasteiger partial charge in [-0.25, -0.2) is 4.98 Å². The Kier molecular flexibility index (Phi) is 4.12. The highest BCUT2D eigenvalue weighted by Gasteiger charge is 2.25. The third-order valence-electron chi connectivity index (χ3n) is 3.34. The molecule has 0 aliphatic carbocycles. The first-order valence-electron chi connectivity index (χ1n) is 6.99. The molecule has 0 bridgehead atoms. The van der Waals surface area contributed by atoms with E-state index in [9.17, 15) is 0 Å². The van der Waals surface area contributed by atoms with Crippen LogP contribution in [0, 0.1) is 11.8 Å². The highest BCUT2D eigenvalue weighted by molar-refractivity contribution is 5.67. The summed E-state index contributed by atoms with van der Waals surface area (Å²) in [5, 5.41) is 0. The van der Waals surface area contributed by atoms with Crippen molar-refractivity contribution >= 4 is 11.5 Å². The van der Waals surface area contributed by atoms with E-state index in [0.29, 0.717) is 23.4 Å². The van der Waals surface area contributed by atoms with E-state index in [2.05, 4.69) is 28.7 Å². The van der Waals surface area contributed by atoms with Crippen molar-refractivity contribution in [2.45, 2.75) is 40.2 Å². The van der Waals surface area contributed by atoms with Gasteiger partial charge in [-0.05, 0) is 32.1 Å². The van der Waals surface area contributed by atoms with Crippen molar-refractivity contribution in [3.8, 4) is 5.88 Å². The van der Waals surface area contributed by atoms with E-state index in [1.165, 1.54) is 12.7 Å². The van der Waals surface area contributed by atoms with Gasteiger partial charge in [-0.1, -0.05) is 13.8 Å². The summed E-state index contributed by atoms with van der Waals surface area (Å²) in [4.78, 5) is 10.7. The largest absolute Gasteiger partial charge is 0.473 e. The van der Waals surface area contributed by atoms with Crippen LogP contribution in [0.1, 0.15) is 34.1 Å². The summed E-state index contributed by atoms with van der Waals surface area (Å²) in [6, 6.07) is 0. The van der Waals surface area contributed by atoms with E-state index in [1.54, 1.807) is 0 Å². The highest BCUT2D eigenvalue weighted by Crippen LogP contribution is 2.32. The maximum absolute atomic E-state index is 6.16.